The fraction of sp³-hybridized carbons (Fsp3) is 0.333. The summed E-state index contributed by atoms with van der Waals surface area (Å²) in [5.41, 5.74) is 3.34. The van der Waals surface area contributed by atoms with Gasteiger partial charge < -0.3 is 9.73 Å². The van der Waals surface area contributed by atoms with E-state index >= 15 is 0 Å². The van der Waals surface area contributed by atoms with Gasteiger partial charge in [-0.3, -0.25) is 9.69 Å². The maximum absolute atomic E-state index is 13.2. The van der Waals surface area contributed by atoms with Gasteiger partial charge in [0.25, 0.3) is 5.91 Å². The minimum absolute atomic E-state index is 0.105. The molecule has 0 bridgehead atoms. The summed E-state index contributed by atoms with van der Waals surface area (Å²) in [6.07, 6.45) is 5.77. The van der Waals surface area contributed by atoms with Crippen LogP contribution in [0.4, 0.5) is 0 Å². The van der Waals surface area contributed by atoms with Crippen LogP contribution < -0.4 is 5.32 Å². The van der Waals surface area contributed by atoms with Crippen LogP contribution in [0.15, 0.2) is 70.9 Å². The highest BCUT2D eigenvalue weighted by Gasteiger charge is 2.24. The molecule has 6 nitrogen and oxygen atoms in total. The van der Waals surface area contributed by atoms with Gasteiger partial charge in [-0.2, -0.15) is 5.10 Å². The first kappa shape index (κ1) is 20.2. The highest BCUT2D eigenvalue weighted by molar-refractivity contribution is 5.94. The topological polar surface area (TPSA) is 63.3 Å². The third-order valence-electron chi connectivity index (χ3n) is 5.40. The molecule has 1 aliphatic heterocycles. The lowest BCUT2D eigenvalue weighted by Crippen LogP contribution is -2.45. The molecule has 4 rings (SSSR count). The lowest BCUT2D eigenvalue weighted by molar-refractivity contribution is 0.0906. The number of hydrogen-bond acceptors (Lipinski definition) is 4. The van der Waals surface area contributed by atoms with Crippen molar-refractivity contribution in [2.45, 2.75) is 32.7 Å². The van der Waals surface area contributed by atoms with Crippen LogP contribution in [0.2, 0.25) is 0 Å². The number of furan rings is 1. The predicted molar refractivity (Wildman–Crippen MR) is 118 cm³/mol. The van der Waals surface area contributed by atoms with Gasteiger partial charge in [-0.05, 0) is 51.0 Å². The summed E-state index contributed by atoms with van der Waals surface area (Å²) < 4.78 is 7.18. The van der Waals surface area contributed by atoms with Crippen molar-refractivity contribution in [3.05, 3.63) is 72.1 Å². The first-order chi connectivity index (χ1) is 14.6. The number of allylic oxidation sites excluding steroid dienone is 1. The fourth-order valence-electron chi connectivity index (χ4n) is 3.68. The first-order valence-electron chi connectivity index (χ1n) is 10.5. The number of rotatable bonds is 6. The zero-order valence-electron chi connectivity index (χ0n) is 17.5. The van der Waals surface area contributed by atoms with Crippen molar-refractivity contribution >= 4 is 5.91 Å². The van der Waals surface area contributed by atoms with Crippen molar-refractivity contribution in [1.29, 1.82) is 0 Å². The van der Waals surface area contributed by atoms with Gasteiger partial charge in [0.15, 0.2) is 5.76 Å². The number of piperidine rings is 1. The molecule has 0 spiro atoms. The Labute approximate surface area is 177 Å². The molecule has 156 valence electrons. The third-order valence-corrected chi connectivity index (χ3v) is 5.40. The molecule has 0 radical (unpaired) electrons. The predicted octanol–water partition coefficient (Wildman–Crippen LogP) is 4.29. The zero-order valence-corrected chi connectivity index (χ0v) is 17.5. The second-order valence-corrected chi connectivity index (χ2v) is 7.97. The van der Waals surface area contributed by atoms with E-state index in [2.05, 4.69) is 35.2 Å². The average Bonchev–Trinajstić information content (AvgIpc) is 3.44. The maximum atomic E-state index is 13.2. The van der Waals surface area contributed by atoms with Crippen LogP contribution in [0.1, 0.15) is 37.2 Å². The van der Waals surface area contributed by atoms with Crippen molar-refractivity contribution in [2.75, 3.05) is 19.6 Å². The van der Waals surface area contributed by atoms with E-state index in [1.807, 2.05) is 42.5 Å². The van der Waals surface area contributed by atoms with Crippen LogP contribution in [0.3, 0.4) is 0 Å². The van der Waals surface area contributed by atoms with Crippen LogP contribution in [0, 0.1) is 0 Å². The average molecular weight is 405 g/mol. The number of amides is 1. The molecule has 0 saturated carbocycles. The van der Waals surface area contributed by atoms with E-state index in [4.69, 9.17) is 4.42 Å². The number of hydrogen-bond donors (Lipinski definition) is 1. The van der Waals surface area contributed by atoms with Gasteiger partial charge in [-0.15, -0.1) is 0 Å². The Morgan fingerprint density at radius 1 is 1.17 bits per heavy atom. The van der Waals surface area contributed by atoms with Crippen molar-refractivity contribution < 1.29 is 9.21 Å². The van der Waals surface area contributed by atoms with Crippen LogP contribution in [-0.2, 0) is 0 Å². The lowest BCUT2D eigenvalue weighted by Gasteiger charge is -2.31. The van der Waals surface area contributed by atoms with E-state index in [1.165, 1.54) is 5.57 Å². The molecule has 1 aromatic carbocycles. The highest BCUT2D eigenvalue weighted by Crippen LogP contribution is 2.22. The summed E-state index contributed by atoms with van der Waals surface area (Å²) in [6.45, 7) is 7.21. The van der Waals surface area contributed by atoms with Gasteiger partial charge >= 0.3 is 0 Å². The number of carbonyl (C=O) groups is 1. The molecule has 3 heterocycles. The molecule has 0 atom stereocenters. The number of likely N-dealkylation sites (tertiary alicyclic amines) is 1. The molecule has 0 unspecified atom stereocenters. The van der Waals surface area contributed by atoms with Gasteiger partial charge in [0.2, 0.25) is 0 Å². The number of nitrogens with zero attached hydrogens (tertiary/aromatic N) is 3. The third kappa shape index (κ3) is 4.71. The maximum Gasteiger partial charge on any atom is 0.270 e. The molecule has 1 N–H and O–H groups in total. The Morgan fingerprint density at radius 2 is 1.93 bits per heavy atom. The van der Waals surface area contributed by atoms with Crippen molar-refractivity contribution in [2.24, 2.45) is 0 Å². The summed E-state index contributed by atoms with van der Waals surface area (Å²) in [4.78, 5) is 15.6. The van der Waals surface area contributed by atoms with E-state index in [9.17, 15) is 4.79 Å². The largest absolute Gasteiger partial charge is 0.463 e. The van der Waals surface area contributed by atoms with Gasteiger partial charge in [0, 0.05) is 31.7 Å². The molecular formula is C24H28N4O2. The molecule has 6 heteroatoms. The van der Waals surface area contributed by atoms with E-state index in [0.29, 0.717) is 17.1 Å². The summed E-state index contributed by atoms with van der Waals surface area (Å²) in [6, 6.07) is 15.3. The molecule has 1 amide bonds. The van der Waals surface area contributed by atoms with E-state index < -0.39 is 0 Å². The number of benzene rings is 1. The summed E-state index contributed by atoms with van der Waals surface area (Å²) in [5, 5.41) is 7.85. The van der Waals surface area contributed by atoms with Gasteiger partial charge in [0.05, 0.1) is 12.0 Å². The Bertz CT molecular complexity index is 993. The molecule has 1 fully saturated rings. The van der Waals surface area contributed by atoms with E-state index in [1.54, 1.807) is 17.0 Å². The number of para-hydroxylation sites is 1. The van der Waals surface area contributed by atoms with Crippen LogP contribution >= 0.6 is 0 Å². The number of nitrogens with one attached hydrogen (secondary N) is 1. The smallest absolute Gasteiger partial charge is 0.270 e. The van der Waals surface area contributed by atoms with Gasteiger partial charge in [-0.25, -0.2) is 4.68 Å². The van der Waals surface area contributed by atoms with E-state index in [-0.39, 0.29) is 11.9 Å². The Hall–Kier alpha value is -3.12. The van der Waals surface area contributed by atoms with Crippen molar-refractivity contribution in [1.82, 2.24) is 20.0 Å². The minimum atomic E-state index is -0.105. The van der Waals surface area contributed by atoms with Crippen molar-refractivity contribution in [3.63, 3.8) is 0 Å². The molecule has 0 aliphatic carbocycles. The minimum Gasteiger partial charge on any atom is -0.463 e. The Morgan fingerprint density at radius 3 is 2.60 bits per heavy atom. The first-order valence-corrected chi connectivity index (χ1v) is 10.5. The Kier molecular flexibility index (Phi) is 6.14. The van der Waals surface area contributed by atoms with Crippen molar-refractivity contribution in [3.8, 4) is 17.1 Å². The second-order valence-electron chi connectivity index (χ2n) is 7.97. The van der Waals surface area contributed by atoms with Crippen LogP contribution in [0.5, 0.6) is 0 Å². The quantitative estimate of drug-likeness (QED) is 0.623. The molecule has 1 aliphatic rings. The number of aromatic nitrogens is 2. The normalized spacial score (nSPS) is 15.1. The standard InChI is InChI=1S/C24H28N4O2/c1-18(2)10-13-27-14-11-19(12-15-27)25-24(29)22-17-21(23-9-6-16-30-23)26-28(22)20-7-4-3-5-8-20/h3-10,16-17,19H,11-15H2,1-2H3,(H,25,29). The highest BCUT2D eigenvalue weighted by atomic mass is 16.3. The monoisotopic (exact) mass is 404 g/mol. The number of carbonyl (C=O) groups excluding carboxylic acids is 1. The molecule has 1 saturated heterocycles. The van der Waals surface area contributed by atoms with Crippen LogP contribution in [-0.4, -0.2) is 46.3 Å². The summed E-state index contributed by atoms with van der Waals surface area (Å²) in [7, 11) is 0. The Balaban J connectivity index is 1.49. The molecule has 2 aromatic heterocycles. The van der Waals surface area contributed by atoms with Gasteiger partial charge in [-0.1, -0.05) is 29.8 Å². The summed E-state index contributed by atoms with van der Waals surface area (Å²) >= 11 is 0. The molecule has 3 aromatic rings. The SMILES string of the molecule is CC(C)=CCN1CCC(NC(=O)c2cc(-c3ccco3)nn2-c2ccccc2)CC1. The van der Waals surface area contributed by atoms with Gasteiger partial charge in [0.1, 0.15) is 11.4 Å². The molecular weight excluding hydrogens is 376 g/mol. The second kappa shape index (κ2) is 9.13. The fourth-order valence-corrected chi connectivity index (χ4v) is 3.68. The summed E-state index contributed by atoms with van der Waals surface area (Å²) in [5.74, 6) is 0.540. The van der Waals surface area contributed by atoms with E-state index in [0.717, 1.165) is 38.2 Å². The van der Waals surface area contributed by atoms with Crippen LogP contribution in [0.25, 0.3) is 17.1 Å². The molecule has 30 heavy (non-hydrogen) atoms. The zero-order chi connectivity index (χ0) is 20.9. The lowest BCUT2D eigenvalue weighted by atomic mass is 10.0.